The maximum atomic E-state index is 12.5. The first-order valence-electron chi connectivity index (χ1n) is 9.54. The molecule has 0 aliphatic rings. The number of carboxylic acid groups (broad SMARTS) is 1. The lowest BCUT2D eigenvalue weighted by Gasteiger charge is -2.24. The zero-order chi connectivity index (χ0) is 24.1. The normalized spacial score (nSPS) is 13.4. The van der Waals surface area contributed by atoms with Gasteiger partial charge in [0.25, 0.3) is 0 Å². The van der Waals surface area contributed by atoms with Gasteiger partial charge in [0.15, 0.2) is 5.96 Å². The van der Waals surface area contributed by atoms with Gasteiger partial charge in [0, 0.05) is 6.54 Å². The van der Waals surface area contributed by atoms with Crippen LogP contribution >= 0.6 is 0 Å². The van der Waals surface area contributed by atoms with Crippen LogP contribution in [-0.4, -0.2) is 71.9 Å². The molecular weight excluding hydrogens is 412 g/mol. The Labute approximate surface area is 179 Å². The van der Waals surface area contributed by atoms with Crippen LogP contribution in [0.15, 0.2) is 4.99 Å². The molecule has 0 aromatic carbocycles. The molecule has 176 valence electrons. The molecule has 0 saturated heterocycles. The summed E-state index contributed by atoms with van der Waals surface area (Å²) in [5.74, 6) is -4.68. The van der Waals surface area contributed by atoms with E-state index in [1.165, 1.54) is 0 Å². The van der Waals surface area contributed by atoms with Crippen molar-refractivity contribution in [1.29, 1.82) is 0 Å². The second-order valence-corrected chi connectivity index (χ2v) is 7.13. The van der Waals surface area contributed by atoms with E-state index in [2.05, 4.69) is 20.9 Å². The summed E-state index contributed by atoms with van der Waals surface area (Å²) in [7, 11) is 0. The molecule has 14 nitrogen and oxygen atoms in total. The molecule has 0 aromatic rings. The quantitative estimate of drug-likeness (QED) is 0.0737. The van der Waals surface area contributed by atoms with Gasteiger partial charge in [-0.05, 0) is 18.8 Å². The molecule has 0 radical (unpaired) electrons. The Morgan fingerprint density at radius 1 is 1.00 bits per heavy atom. The van der Waals surface area contributed by atoms with Gasteiger partial charge >= 0.3 is 5.97 Å². The van der Waals surface area contributed by atoms with Crippen molar-refractivity contribution in [2.24, 2.45) is 33.8 Å². The Bertz CT molecular complexity index is 692. The summed E-state index contributed by atoms with van der Waals surface area (Å²) in [6.07, 6.45) is 0.000102. The molecule has 31 heavy (non-hydrogen) atoms. The maximum absolute atomic E-state index is 12.5. The smallest absolute Gasteiger partial charge is 0.326 e. The van der Waals surface area contributed by atoms with E-state index >= 15 is 0 Å². The molecule has 0 aliphatic carbocycles. The standard InChI is InChI=1S/C17H32N8O6/c1-8(2)13(25-12(27)7-23-14(28)9(18)6-11(19)26)15(29)24-10(16(30)31)4-3-5-22-17(20)21/h8-10,13H,3-7,18H2,1-2H3,(H2,19,26)(H,23,28)(H,24,29)(H,25,27)(H,30,31)(H4,20,21,22). The van der Waals surface area contributed by atoms with Crippen molar-refractivity contribution >= 4 is 35.6 Å². The zero-order valence-corrected chi connectivity index (χ0v) is 17.6. The highest BCUT2D eigenvalue weighted by Gasteiger charge is 2.28. The van der Waals surface area contributed by atoms with Gasteiger partial charge in [0.2, 0.25) is 23.6 Å². The zero-order valence-electron chi connectivity index (χ0n) is 17.6. The van der Waals surface area contributed by atoms with E-state index in [9.17, 15) is 29.1 Å². The van der Waals surface area contributed by atoms with E-state index in [0.29, 0.717) is 6.42 Å². The Morgan fingerprint density at radius 2 is 1.61 bits per heavy atom. The number of aliphatic imine (C=N–C) groups is 1. The average molecular weight is 444 g/mol. The highest BCUT2D eigenvalue weighted by atomic mass is 16.4. The minimum atomic E-state index is -1.25. The minimum absolute atomic E-state index is 0.0738. The van der Waals surface area contributed by atoms with Crippen LogP contribution in [0.25, 0.3) is 0 Å². The molecule has 4 amide bonds. The number of primary amides is 1. The average Bonchev–Trinajstić information content (AvgIpc) is 2.64. The maximum Gasteiger partial charge on any atom is 0.326 e. The Hall–Kier alpha value is -3.42. The molecule has 0 fully saturated rings. The number of hydrogen-bond donors (Lipinski definition) is 8. The van der Waals surface area contributed by atoms with Gasteiger partial charge in [-0.3, -0.25) is 24.2 Å². The van der Waals surface area contributed by atoms with Crippen molar-refractivity contribution in [2.45, 2.75) is 51.2 Å². The number of nitrogens with zero attached hydrogens (tertiary/aromatic N) is 1. The SMILES string of the molecule is CC(C)C(NC(=O)CNC(=O)C(N)CC(N)=O)C(=O)NC(CCCN=C(N)N)C(=O)O. The number of hydrogen-bond acceptors (Lipinski definition) is 7. The van der Waals surface area contributed by atoms with Gasteiger partial charge in [-0.2, -0.15) is 0 Å². The van der Waals surface area contributed by atoms with Crippen molar-refractivity contribution in [3.63, 3.8) is 0 Å². The number of amides is 4. The van der Waals surface area contributed by atoms with Crippen molar-refractivity contribution < 1.29 is 29.1 Å². The number of nitrogens with one attached hydrogen (secondary N) is 3. The lowest BCUT2D eigenvalue weighted by atomic mass is 10.0. The van der Waals surface area contributed by atoms with E-state index in [4.69, 9.17) is 22.9 Å². The first kappa shape index (κ1) is 27.6. The van der Waals surface area contributed by atoms with E-state index in [-0.39, 0.29) is 31.3 Å². The van der Waals surface area contributed by atoms with Crippen molar-refractivity contribution in [2.75, 3.05) is 13.1 Å². The summed E-state index contributed by atoms with van der Waals surface area (Å²) in [5, 5.41) is 16.3. The number of guanidine groups is 1. The largest absolute Gasteiger partial charge is 0.480 e. The monoisotopic (exact) mass is 444 g/mol. The third kappa shape index (κ3) is 12.0. The van der Waals surface area contributed by atoms with Crippen molar-refractivity contribution in [3.8, 4) is 0 Å². The first-order valence-corrected chi connectivity index (χ1v) is 9.54. The minimum Gasteiger partial charge on any atom is -0.480 e. The summed E-state index contributed by atoms with van der Waals surface area (Å²) in [4.78, 5) is 62.3. The number of carbonyl (C=O) groups is 5. The van der Waals surface area contributed by atoms with Gasteiger partial charge < -0.3 is 44.0 Å². The predicted molar refractivity (Wildman–Crippen MR) is 111 cm³/mol. The number of rotatable bonds is 14. The highest BCUT2D eigenvalue weighted by Crippen LogP contribution is 2.05. The topological polar surface area (TPSA) is 258 Å². The second kappa shape index (κ2) is 13.7. The number of carbonyl (C=O) groups excluding carboxylic acids is 4. The highest BCUT2D eigenvalue weighted by molar-refractivity contribution is 5.93. The van der Waals surface area contributed by atoms with E-state index in [1.807, 2.05) is 0 Å². The van der Waals surface area contributed by atoms with Crippen molar-refractivity contribution in [1.82, 2.24) is 16.0 Å². The molecule has 3 atom stereocenters. The molecule has 0 aromatic heterocycles. The van der Waals surface area contributed by atoms with Crippen LogP contribution < -0.4 is 38.9 Å². The molecule has 3 unspecified atom stereocenters. The molecule has 0 heterocycles. The fourth-order valence-corrected chi connectivity index (χ4v) is 2.39. The lowest BCUT2D eigenvalue weighted by molar-refractivity contribution is -0.142. The molecule has 0 bridgehead atoms. The molecule has 0 rings (SSSR count). The second-order valence-electron chi connectivity index (χ2n) is 7.13. The summed E-state index contributed by atoms with van der Waals surface area (Å²) in [5.41, 5.74) is 20.8. The molecule has 0 saturated carbocycles. The fraction of sp³-hybridized carbons (Fsp3) is 0.647. The lowest BCUT2D eigenvalue weighted by Crippen LogP contribution is -2.55. The third-order valence-corrected chi connectivity index (χ3v) is 4.01. The van der Waals surface area contributed by atoms with Gasteiger partial charge in [-0.15, -0.1) is 0 Å². The summed E-state index contributed by atoms with van der Waals surface area (Å²) in [6, 6.07) is -3.46. The van der Waals surface area contributed by atoms with Crippen LogP contribution in [0.1, 0.15) is 33.1 Å². The third-order valence-electron chi connectivity index (χ3n) is 4.01. The van der Waals surface area contributed by atoms with Gasteiger partial charge in [-0.25, -0.2) is 4.79 Å². The predicted octanol–water partition coefficient (Wildman–Crippen LogP) is -3.93. The summed E-state index contributed by atoms with van der Waals surface area (Å²) in [6.45, 7) is 3.01. The summed E-state index contributed by atoms with van der Waals surface area (Å²) < 4.78 is 0. The summed E-state index contributed by atoms with van der Waals surface area (Å²) >= 11 is 0. The number of aliphatic carboxylic acids is 1. The molecule has 0 aliphatic heterocycles. The number of nitrogens with two attached hydrogens (primary N) is 4. The van der Waals surface area contributed by atoms with Crippen LogP contribution in [-0.2, 0) is 24.0 Å². The van der Waals surface area contributed by atoms with Crippen LogP contribution in [0.3, 0.4) is 0 Å². The van der Waals surface area contributed by atoms with Crippen molar-refractivity contribution in [3.05, 3.63) is 0 Å². The molecule has 0 spiro atoms. The van der Waals surface area contributed by atoms with Crippen LogP contribution in [0.5, 0.6) is 0 Å². The van der Waals surface area contributed by atoms with E-state index < -0.39 is 54.3 Å². The van der Waals surface area contributed by atoms with E-state index in [1.54, 1.807) is 13.8 Å². The first-order chi connectivity index (χ1) is 14.3. The van der Waals surface area contributed by atoms with Crippen LogP contribution in [0, 0.1) is 5.92 Å². The van der Waals surface area contributed by atoms with Gasteiger partial charge in [0.1, 0.15) is 12.1 Å². The Balaban J connectivity index is 4.82. The van der Waals surface area contributed by atoms with E-state index in [0.717, 1.165) is 0 Å². The van der Waals surface area contributed by atoms with Crippen LogP contribution in [0.4, 0.5) is 0 Å². The van der Waals surface area contributed by atoms with Gasteiger partial charge in [-0.1, -0.05) is 13.8 Å². The Kier molecular flexibility index (Phi) is 12.2. The fourth-order valence-electron chi connectivity index (χ4n) is 2.39. The van der Waals surface area contributed by atoms with Gasteiger partial charge in [0.05, 0.1) is 19.0 Å². The molecule has 14 heteroatoms. The van der Waals surface area contributed by atoms with Crippen LogP contribution in [0.2, 0.25) is 0 Å². The Morgan fingerprint density at radius 3 is 2.10 bits per heavy atom. The number of carboxylic acids is 1. The molecule has 12 N–H and O–H groups in total. The molecular formula is C17H32N8O6.